The first-order valence-electron chi connectivity index (χ1n) is 31.4. The van der Waals surface area contributed by atoms with Crippen LogP contribution in [-0.4, -0.2) is 52.4 Å². The third kappa shape index (κ3) is 15.9. The topological polar surface area (TPSA) is 264 Å². The maximum Gasteiger partial charge on any atom is 0.269 e. The monoisotopic (exact) mass is 1300 g/mol. The number of hydrazone groups is 2. The molecule has 0 fully saturated rings. The highest BCUT2D eigenvalue weighted by molar-refractivity contribution is 5.81. The Balaban J connectivity index is 0.634. The normalized spacial score (nSPS) is 11.8. The molecule has 4 N–H and O–H groups in total. The second kappa shape index (κ2) is 29.9. The third-order valence-electron chi connectivity index (χ3n) is 16.4. The van der Waals surface area contributed by atoms with Crippen LogP contribution < -0.4 is 29.8 Å². The van der Waals surface area contributed by atoms with Crippen molar-refractivity contribution in [3.63, 3.8) is 0 Å². The number of non-ortho nitro benzene ring substituents is 2. The Bertz CT molecular complexity index is 4450. The number of anilines is 2. The van der Waals surface area contributed by atoms with Gasteiger partial charge in [0, 0.05) is 97.0 Å². The zero-order valence-electron chi connectivity index (χ0n) is 52.6. The second-order valence-corrected chi connectivity index (χ2v) is 23.2. The molecule has 98 heavy (non-hydrogen) atoms. The summed E-state index contributed by atoms with van der Waals surface area (Å²) >= 11 is 0. The summed E-state index contributed by atoms with van der Waals surface area (Å²) in [6.45, 7) is 1.03. The average Bonchev–Trinajstić information content (AvgIpc) is 0.798. The molecule has 20 nitrogen and oxygen atoms in total. The quantitative estimate of drug-likeness (QED) is 0.0279. The van der Waals surface area contributed by atoms with E-state index >= 15 is 0 Å². The van der Waals surface area contributed by atoms with Gasteiger partial charge < -0.3 is 29.2 Å². The van der Waals surface area contributed by atoms with Gasteiger partial charge in [-0.2, -0.15) is 10.2 Å². The van der Waals surface area contributed by atoms with E-state index < -0.39 is 9.85 Å². The zero-order chi connectivity index (χ0) is 67.2. The number of para-hydroxylation sites is 4. The minimum Gasteiger partial charge on any atom is -0.507 e. The van der Waals surface area contributed by atoms with Crippen molar-refractivity contribution in [1.82, 2.24) is 19.9 Å². The Morgan fingerprint density at radius 1 is 0.367 bits per heavy atom. The Labute approximate surface area is 563 Å². The summed E-state index contributed by atoms with van der Waals surface area (Å²) in [7, 11) is 0. The number of nitrogens with one attached hydrogen (secondary N) is 2. The molecule has 484 valence electrons. The second-order valence-electron chi connectivity index (χ2n) is 23.2. The van der Waals surface area contributed by atoms with Gasteiger partial charge in [0.2, 0.25) is 0 Å². The molecule has 8 bridgehead atoms. The predicted molar refractivity (Wildman–Crippen MR) is 374 cm³/mol. The highest BCUT2D eigenvalue weighted by atomic mass is 16.6. The lowest BCUT2D eigenvalue weighted by Crippen LogP contribution is -2.06. The van der Waals surface area contributed by atoms with Gasteiger partial charge in [-0.05, 0) is 153 Å². The van der Waals surface area contributed by atoms with Crippen molar-refractivity contribution in [3.05, 3.63) is 341 Å². The van der Waals surface area contributed by atoms with E-state index in [0.29, 0.717) is 96.0 Å². The summed E-state index contributed by atoms with van der Waals surface area (Å²) in [5, 5.41) is 54.6. The van der Waals surface area contributed by atoms with Crippen LogP contribution in [0.25, 0.3) is 22.8 Å². The van der Waals surface area contributed by atoms with Crippen LogP contribution in [0.2, 0.25) is 0 Å². The van der Waals surface area contributed by atoms with E-state index in [0.717, 1.165) is 77.9 Å². The largest absolute Gasteiger partial charge is 0.507 e. The predicted octanol–water partition coefficient (Wildman–Crippen LogP) is 15.7. The number of rotatable bonds is 22. The van der Waals surface area contributed by atoms with Gasteiger partial charge in [-0.3, -0.25) is 51.0 Å². The summed E-state index contributed by atoms with van der Waals surface area (Å²) < 4.78 is 25.7. The Hall–Kier alpha value is -13.1. The van der Waals surface area contributed by atoms with Crippen molar-refractivity contribution in [2.24, 2.45) is 10.2 Å². The number of hydrogen-bond donors (Lipinski definition) is 4. The van der Waals surface area contributed by atoms with Crippen molar-refractivity contribution >= 4 is 35.2 Å². The van der Waals surface area contributed by atoms with Gasteiger partial charge in [-0.15, -0.1) is 0 Å². The van der Waals surface area contributed by atoms with Crippen molar-refractivity contribution in [3.8, 4) is 57.3 Å². The van der Waals surface area contributed by atoms with Gasteiger partial charge in [0.15, 0.2) is 0 Å². The molecule has 1 aliphatic carbocycles. The molecule has 8 aromatic carbocycles. The molecule has 4 heterocycles. The smallest absolute Gasteiger partial charge is 0.269 e. The van der Waals surface area contributed by atoms with Gasteiger partial charge in [0.25, 0.3) is 11.4 Å². The van der Waals surface area contributed by atoms with Crippen LogP contribution in [0.4, 0.5) is 22.7 Å². The number of phenolic OH excluding ortho intramolecular Hbond substituents is 2. The molecular formula is C78H62N10O10. The van der Waals surface area contributed by atoms with Crippen LogP contribution >= 0.6 is 0 Å². The Kier molecular flexibility index (Phi) is 19.4. The van der Waals surface area contributed by atoms with Gasteiger partial charge in [-0.1, -0.05) is 97.1 Å². The average molecular weight is 1300 g/mol. The molecule has 0 saturated carbocycles. The van der Waals surface area contributed by atoms with Crippen LogP contribution in [-0.2, 0) is 52.1 Å². The fourth-order valence-electron chi connectivity index (χ4n) is 11.2. The number of fused-ring (bicyclic) bond motifs is 8. The summed E-state index contributed by atoms with van der Waals surface area (Å²) in [5.41, 5.74) is 21.4. The SMILES string of the molecule is O=[N+]([O-])c1ccc(N/N=C/c2ccc(OCc3ccc(-c4ccc(COc5c6cccc5Cc5cccc(c5O)Cc5cccc(c5OCc5ccc(-c7ccc(COc8ccc(/C=N/Nc9ccc([N+](=O)[O-])cc9)cc8)cn7)nc5)Cc5cccc(c5O)C6)cn4)nc3)cc2)cc1. The van der Waals surface area contributed by atoms with Crippen molar-refractivity contribution in [1.29, 1.82) is 0 Å². The lowest BCUT2D eigenvalue weighted by atomic mass is 9.91. The van der Waals surface area contributed by atoms with Crippen molar-refractivity contribution in [2.75, 3.05) is 10.9 Å². The molecule has 13 rings (SSSR count). The van der Waals surface area contributed by atoms with E-state index in [2.05, 4.69) is 21.1 Å². The van der Waals surface area contributed by atoms with Crippen molar-refractivity contribution < 1.29 is 39.0 Å². The number of nitro benzene ring substituents is 2. The van der Waals surface area contributed by atoms with E-state index in [1.165, 1.54) is 24.3 Å². The maximum atomic E-state index is 12.1. The van der Waals surface area contributed by atoms with E-state index in [1.807, 2.05) is 170 Å². The minimum atomic E-state index is -0.447. The maximum absolute atomic E-state index is 12.1. The first-order valence-corrected chi connectivity index (χ1v) is 31.4. The molecule has 0 aliphatic heterocycles. The molecule has 12 aromatic rings. The van der Waals surface area contributed by atoms with Gasteiger partial charge in [-0.25, -0.2) is 0 Å². The number of nitro groups is 2. The molecule has 20 heteroatoms. The lowest BCUT2D eigenvalue weighted by molar-refractivity contribution is -0.385. The van der Waals surface area contributed by atoms with Crippen LogP contribution in [0.15, 0.2) is 253 Å². The third-order valence-corrected chi connectivity index (χ3v) is 16.4. The number of aromatic nitrogens is 4. The number of phenols is 2. The molecule has 0 unspecified atom stereocenters. The first-order chi connectivity index (χ1) is 48.0. The molecule has 0 atom stereocenters. The van der Waals surface area contributed by atoms with E-state index in [4.69, 9.17) is 38.9 Å². The van der Waals surface area contributed by atoms with E-state index in [9.17, 15) is 30.4 Å². The highest BCUT2D eigenvalue weighted by Crippen LogP contribution is 2.39. The van der Waals surface area contributed by atoms with Gasteiger partial charge >= 0.3 is 0 Å². The van der Waals surface area contributed by atoms with Crippen molar-refractivity contribution in [2.45, 2.75) is 52.1 Å². The molecule has 0 amide bonds. The van der Waals surface area contributed by atoms with Crippen LogP contribution in [0.1, 0.15) is 77.9 Å². The number of pyridine rings is 4. The van der Waals surface area contributed by atoms with E-state index in [-0.39, 0.29) is 36.1 Å². The summed E-state index contributed by atoms with van der Waals surface area (Å²) in [6.07, 6.45) is 11.9. The van der Waals surface area contributed by atoms with Gasteiger partial charge in [0.1, 0.15) is 60.9 Å². The molecule has 0 saturated heterocycles. The first kappa shape index (κ1) is 63.6. The van der Waals surface area contributed by atoms with Crippen LogP contribution in [0.3, 0.4) is 0 Å². The Morgan fingerprint density at radius 2 is 0.653 bits per heavy atom. The molecular weight excluding hydrogens is 1240 g/mol. The van der Waals surface area contributed by atoms with Crippen LogP contribution in [0, 0.1) is 20.2 Å². The Morgan fingerprint density at radius 3 is 0.929 bits per heavy atom. The number of ether oxygens (including phenoxy) is 4. The number of aromatic hydroxyl groups is 2. The zero-order valence-corrected chi connectivity index (χ0v) is 52.6. The van der Waals surface area contributed by atoms with Crippen LogP contribution in [0.5, 0.6) is 34.5 Å². The molecule has 0 spiro atoms. The lowest BCUT2D eigenvalue weighted by Gasteiger charge is -2.20. The summed E-state index contributed by atoms with van der Waals surface area (Å²) in [5.74, 6) is 3.07. The highest BCUT2D eigenvalue weighted by Gasteiger charge is 2.21. The summed E-state index contributed by atoms with van der Waals surface area (Å²) in [4.78, 5) is 39.9. The minimum absolute atomic E-state index is 0.00946. The summed E-state index contributed by atoms with van der Waals surface area (Å²) in [6, 6.07) is 66.2. The number of nitrogens with zero attached hydrogens (tertiary/aromatic N) is 8. The standard InChI is InChI=1S/C78H62N10O10/c89-75-57-5-1-6-58(75)38-62-10-4-12-64(78(62)98-50-56-20-36-74(82-44-56)72-34-18-54(42-80-72)48-96-70-31-15-52(16-32-70)46-84-86-66-23-27-68(28-24-66)88(93)94)40-60-8-2-7-59(76(60)90)39-63-11-3-9-61(37-57)77(63)97-49-55-19-35-73(81-43-55)71-33-17-53(41-79-71)47-95-69-29-13-51(14-30-69)45-83-85-65-21-25-67(26-22-65)87(91)92/h1-36,41-46,85-86,89-90H,37-40,47-50H2/b83-45+,84-46+. The fraction of sp³-hybridized carbons (Fsp3) is 0.103. The molecule has 1 aliphatic rings. The number of benzene rings is 8. The van der Waals surface area contributed by atoms with Gasteiger partial charge in [0.05, 0.1) is 56.4 Å². The number of hydrogen-bond acceptors (Lipinski definition) is 18. The van der Waals surface area contributed by atoms with E-state index in [1.54, 1.807) is 61.5 Å². The molecule has 4 aromatic heterocycles. The fourth-order valence-corrected chi connectivity index (χ4v) is 11.2. The molecule has 0 radical (unpaired) electrons.